The van der Waals surface area contributed by atoms with Gasteiger partial charge in [-0.25, -0.2) is 9.55 Å². The predicted molar refractivity (Wildman–Crippen MR) is 99.7 cm³/mol. The van der Waals surface area contributed by atoms with Crippen molar-refractivity contribution < 1.29 is 19.3 Å². The molecule has 27 heavy (non-hydrogen) atoms. The molecule has 7 nitrogen and oxygen atoms in total. The second-order valence-corrected chi connectivity index (χ2v) is 6.73. The van der Waals surface area contributed by atoms with E-state index in [-0.39, 0.29) is 35.9 Å². The fourth-order valence-electron chi connectivity index (χ4n) is 3.51. The molecule has 1 aliphatic rings. The number of imidazole rings is 1. The lowest BCUT2D eigenvalue weighted by atomic mass is 9.96. The van der Waals surface area contributed by atoms with Crippen LogP contribution in [-0.2, 0) is 18.4 Å². The standard InChI is InChI=1S/C20H18N4O3/c1-11(19(21)26)8-24-9-14-13(4-6-17(25)18(14)20(24)27)12-3-5-15-16(7-12)23(2)10-22-15/h3-7,10H,1,8-9H2,2H3,(H3,21,25,26,27)/p+1. The van der Waals surface area contributed by atoms with Gasteiger partial charge in [-0.05, 0) is 41.0 Å². The van der Waals surface area contributed by atoms with Crippen LogP contribution in [0.3, 0.4) is 0 Å². The van der Waals surface area contributed by atoms with Gasteiger partial charge in [-0.2, -0.15) is 0 Å². The number of nitrogens with two attached hydrogens (primary N) is 1. The fourth-order valence-corrected chi connectivity index (χ4v) is 3.51. The molecule has 136 valence electrons. The number of carbonyl (C=O) groups excluding carboxylic acids is 2. The van der Waals surface area contributed by atoms with E-state index in [0.717, 1.165) is 27.7 Å². The number of H-pyrrole nitrogens is 1. The average molecular weight is 363 g/mol. The van der Waals surface area contributed by atoms with E-state index in [2.05, 4.69) is 11.6 Å². The largest absolute Gasteiger partial charge is 0.507 e. The summed E-state index contributed by atoms with van der Waals surface area (Å²) >= 11 is 0. The zero-order chi connectivity index (χ0) is 19.3. The number of amides is 2. The molecule has 0 saturated carbocycles. The first-order valence-electron chi connectivity index (χ1n) is 8.45. The number of nitrogens with zero attached hydrogens (tertiary/aromatic N) is 2. The Morgan fingerprint density at radius 1 is 1.37 bits per heavy atom. The van der Waals surface area contributed by atoms with Crippen LogP contribution in [0.4, 0.5) is 0 Å². The topological polar surface area (TPSA) is 103 Å². The van der Waals surface area contributed by atoms with Crippen molar-refractivity contribution in [3.63, 3.8) is 0 Å². The van der Waals surface area contributed by atoms with E-state index >= 15 is 0 Å². The Hall–Kier alpha value is -3.61. The maximum absolute atomic E-state index is 12.7. The number of phenolic OH excluding ortho intramolecular Hbond substituents is 1. The van der Waals surface area contributed by atoms with E-state index in [1.165, 1.54) is 11.0 Å². The SMILES string of the molecule is C=C(CN1Cc2c(-c3ccc4[nH]c[n+](C)c4c3)ccc(O)c2C1=O)C(N)=O. The van der Waals surface area contributed by atoms with Crippen LogP contribution in [0.2, 0.25) is 0 Å². The second-order valence-electron chi connectivity index (χ2n) is 6.73. The van der Waals surface area contributed by atoms with Crippen LogP contribution in [0.25, 0.3) is 22.2 Å². The number of carbonyl (C=O) groups is 2. The second kappa shape index (κ2) is 5.98. The molecule has 0 aliphatic carbocycles. The number of aromatic nitrogens is 2. The number of aryl methyl sites for hydroxylation is 1. The molecule has 2 aromatic carbocycles. The van der Waals surface area contributed by atoms with Gasteiger partial charge in [0.2, 0.25) is 12.2 Å². The molecule has 0 unspecified atom stereocenters. The van der Waals surface area contributed by atoms with Gasteiger partial charge in [-0.15, -0.1) is 0 Å². The average Bonchev–Trinajstić information content (AvgIpc) is 3.16. The zero-order valence-corrected chi connectivity index (χ0v) is 14.8. The maximum atomic E-state index is 12.7. The highest BCUT2D eigenvalue weighted by Crippen LogP contribution is 2.38. The molecule has 0 saturated heterocycles. The predicted octanol–water partition coefficient (Wildman–Crippen LogP) is 1.36. The number of aromatic hydroxyl groups is 1. The Kier molecular flexibility index (Phi) is 3.73. The Labute approximate surface area is 155 Å². The van der Waals surface area contributed by atoms with Crippen molar-refractivity contribution in [2.45, 2.75) is 6.54 Å². The van der Waals surface area contributed by atoms with Crippen LogP contribution in [0.15, 0.2) is 48.8 Å². The third kappa shape index (κ3) is 2.64. The molecular formula is C20H19N4O3+. The number of hydrogen-bond acceptors (Lipinski definition) is 3. The van der Waals surface area contributed by atoms with Gasteiger partial charge in [0.25, 0.3) is 5.91 Å². The normalized spacial score (nSPS) is 13.2. The molecule has 4 N–H and O–H groups in total. The number of primary amides is 1. The highest BCUT2D eigenvalue weighted by molar-refractivity contribution is 6.04. The first-order chi connectivity index (χ1) is 12.9. The molecule has 0 fully saturated rings. The molecule has 0 atom stereocenters. The number of benzene rings is 2. The van der Waals surface area contributed by atoms with Crippen LogP contribution < -0.4 is 10.3 Å². The minimum Gasteiger partial charge on any atom is -0.507 e. The van der Waals surface area contributed by atoms with Crippen molar-refractivity contribution in [3.8, 4) is 16.9 Å². The fraction of sp³-hybridized carbons (Fsp3) is 0.150. The number of hydrogen-bond donors (Lipinski definition) is 3. The van der Waals surface area contributed by atoms with Crippen LogP contribution in [0.1, 0.15) is 15.9 Å². The molecule has 2 heterocycles. The molecule has 3 aromatic rings. The Balaban J connectivity index is 1.79. The highest BCUT2D eigenvalue weighted by atomic mass is 16.3. The Morgan fingerprint density at radius 2 is 2.15 bits per heavy atom. The molecule has 0 radical (unpaired) electrons. The van der Waals surface area contributed by atoms with E-state index in [1.54, 1.807) is 0 Å². The van der Waals surface area contributed by atoms with Crippen molar-refractivity contribution in [3.05, 3.63) is 59.9 Å². The van der Waals surface area contributed by atoms with Gasteiger partial charge in [-0.1, -0.05) is 12.6 Å². The summed E-state index contributed by atoms with van der Waals surface area (Å²) in [6.07, 6.45) is 1.87. The Bertz CT molecular complexity index is 1130. The lowest BCUT2D eigenvalue weighted by Crippen LogP contribution is -2.30. The number of fused-ring (bicyclic) bond motifs is 2. The molecule has 2 amide bonds. The van der Waals surface area contributed by atoms with Gasteiger partial charge in [0.15, 0.2) is 11.0 Å². The van der Waals surface area contributed by atoms with Gasteiger partial charge < -0.3 is 15.7 Å². The van der Waals surface area contributed by atoms with Crippen LogP contribution in [-0.4, -0.2) is 33.3 Å². The summed E-state index contributed by atoms with van der Waals surface area (Å²) in [5.74, 6) is -1.05. The van der Waals surface area contributed by atoms with E-state index in [9.17, 15) is 14.7 Å². The van der Waals surface area contributed by atoms with Crippen LogP contribution in [0.5, 0.6) is 5.75 Å². The monoisotopic (exact) mass is 363 g/mol. The van der Waals surface area contributed by atoms with Gasteiger partial charge in [0.1, 0.15) is 5.75 Å². The first kappa shape index (κ1) is 16.8. The van der Waals surface area contributed by atoms with Crippen molar-refractivity contribution in [1.29, 1.82) is 0 Å². The quantitative estimate of drug-likeness (QED) is 0.482. The summed E-state index contributed by atoms with van der Waals surface area (Å²) in [7, 11) is 1.95. The van der Waals surface area contributed by atoms with E-state index < -0.39 is 5.91 Å². The van der Waals surface area contributed by atoms with Crippen molar-refractivity contribution in [1.82, 2.24) is 9.88 Å². The molecule has 1 aliphatic heterocycles. The van der Waals surface area contributed by atoms with Gasteiger partial charge in [0, 0.05) is 12.1 Å². The van der Waals surface area contributed by atoms with E-state index in [4.69, 9.17) is 5.73 Å². The third-order valence-corrected chi connectivity index (χ3v) is 4.97. The van der Waals surface area contributed by atoms with Crippen molar-refractivity contribution in [2.24, 2.45) is 12.8 Å². The number of nitrogens with one attached hydrogen (secondary N) is 1. The summed E-state index contributed by atoms with van der Waals surface area (Å²) in [4.78, 5) is 28.7. The third-order valence-electron chi connectivity index (χ3n) is 4.97. The van der Waals surface area contributed by atoms with Crippen LogP contribution >= 0.6 is 0 Å². The minimum atomic E-state index is -0.645. The van der Waals surface area contributed by atoms with Gasteiger partial charge in [-0.3, -0.25) is 9.59 Å². The van der Waals surface area contributed by atoms with E-state index in [1.807, 2.05) is 42.2 Å². The summed E-state index contributed by atoms with van der Waals surface area (Å²) in [5.41, 5.74) is 10.2. The molecule has 7 heteroatoms. The van der Waals surface area contributed by atoms with E-state index in [0.29, 0.717) is 0 Å². The summed E-state index contributed by atoms with van der Waals surface area (Å²) in [6.45, 7) is 3.93. The number of rotatable bonds is 4. The molecular weight excluding hydrogens is 344 g/mol. The lowest BCUT2D eigenvalue weighted by molar-refractivity contribution is -0.644. The van der Waals surface area contributed by atoms with Gasteiger partial charge >= 0.3 is 0 Å². The minimum absolute atomic E-state index is 0.0353. The maximum Gasteiger partial charge on any atom is 0.258 e. The Morgan fingerprint density at radius 3 is 2.89 bits per heavy atom. The molecule has 4 rings (SSSR count). The molecule has 0 bridgehead atoms. The number of phenols is 1. The first-order valence-corrected chi connectivity index (χ1v) is 8.45. The molecule has 0 spiro atoms. The summed E-state index contributed by atoms with van der Waals surface area (Å²) < 4.78 is 1.98. The smallest absolute Gasteiger partial charge is 0.258 e. The van der Waals surface area contributed by atoms with Crippen molar-refractivity contribution in [2.75, 3.05) is 6.54 Å². The van der Waals surface area contributed by atoms with Crippen molar-refractivity contribution >= 4 is 22.8 Å². The summed E-state index contributed by atoms with van der Waals surface area (Å²) in [5, 5.41) is 10.2. The number of aromatic amines is 1. The highest BCUT2D eigenvalue weighted by Gasteiger charge is 2.33. The lowest BCUT2D eigenvalue weighted by Gasteiger charge is -2.15. The zero-order valence-electron chi connectivity index (χ0n) is 14.8. The van der Waals surface area contributed by atoms with Crippen LogP contribution in [0, 0.1) is 0 Å². The molecule has 1 aromatic heterocycles. The summed E-state index contributed by atoms with van der Waals surface area (Å²) in [6, 6.07) is 9.32. The van der Waals surface area contributed by atoms with Gasteiger partial charge in [0.05, 0.1) is 19.2 Å².